The van der Waals surface area contributed by atoms with Crippen molar-refractivity contribution in [2.24, 2.45) is 0 Å². The van der Waals surface area contributed by atoms with E-state index >= 15 is 0 Å². The molecule has 0 atom stereocenters. The minimum absolute atomic E-state index is 0.818. The van der Waals surface area contributed by atoms with Gasteiger partial charge in [0.15, 0.2) is 0 Å². The SMILES string of the molecule is Nc1ccc(-c2ccncc2)c2ccccc12. The van der Waals surface area contributed by atoms with Gasteiger partial charge in [0.25, 0.3) is 0 Å². The van der Waals surface area contributed by atoms with E-state index in [2.05, 4.69) is 23.2 Å². The van der Waals surface area contributed by atoms with Gasteiger partial charge in [-0.25, -0.2) is 0 Å². The second-order valence-electron chi connectivity index (χ2n) is 3.98. The van der Waals surface area contributed by atoms with Gasteiger partial charge in [-0.3, -0.25) is 4.98 Å². The summed E-state index contributed by atoms with van der Waals surface area (Å²) in [5, 5.41) is 2.28. The Kier molecular flexibility index (Phi) is 2.26. The van der Waals surface area contributed by atoms with Gasteiger partial charge in [0.2, 0.25) is 0 Å². The molecule has 0 fully saturated rings. The lowest BCUT2D eigenvalue weighted by Gasteiger charge is -2.08. The highest BCUT2D eigenvalue weighted by Gasteiger charge is 2.04. The molecule has 3 aromatic rings. The standard InChI is InChI=1S/C15H12N2/c16-15-6-5-12(11-7-9-17-10-8-11)13-3-1-2-4-14(13)15/h1-10H,16H2. The molecule has 2 heteroatoms. The van der Waals surface area contributed by atoms with Crippen LogP contribution < -0.4 is 5.73 Å². The van der Waals surface area contributed by atoms with Crippen molar-refractivity contribution in [3.8, 4) is 11.1 Å². The van der Waals surface area contributed by atoms with Crippen LogP contribution in [0.25, 0.3) is 21.9 Å². The third kappa shape index (κ3) is 1.64. The fourth-order valence-corrected chi connectivity index (χ4v) is 2.11. The summed E-state index contributed by atoms with van der Waals surface area (Å²) in [4.78, 5) is 4.04. The monoisotopic (exact) mass is 220 g/mol. The number of rotatable bonds is 1. The summed E-state index contributed by atoms with van der Waals surface area (Å²) in [6.45, 7) is 0. The number of fused-ring (bicyclic) bond motifs is 1. The molecule has 0 amide bonds. The number of benzene rings is 2. The maximum absolute atomic E-state index is 5.99. The number of pyridine rings is 1. The Balaban J connectivity index is 2.35. The van der Waals surface area contributed by atoms with E-state index in [1.165, 1.54) is 10.9 Å². The third-order valence-corrected chi connectivity index (χ3v) is 2.95. The van der Waals surface area contributed by atoms with Gasteiger partial charge in [-0.2, -0.15) is 0 Å². The number of hydrogen-bond donors (Lipinski definition) is 1. The molecule has 0 bridgehead atoms. The molecule has 0 aliphatic rings. The summed E-state index contributed by atoms with van der Waals surface area (Å²) < 4.78 is 0. The number of hydrogen-bond acceptors (Lipinski definition) is 2. The van der Waals surface area contributed by atoms with Crippen LogP contribution in [0.2, 0.25) is 0 Å². The Bertz CT molecular complexity index is 660. The lowest BCUT2D eigenvalue weighted by atomic mass is 9.98. The van der Waals surface area contributed by atoms with Crippen LogP contribution in [0.15, 0.2) is 60.9 Å². The minimum atomic E-state index is 0.818. The number of nitrogen functional groups attached to an aromatic ring is 1. The molecule has 82 valence electrons. The normalized spacial score (nSPS) is 10.6. The van der Waals surface area contributed by atoms with Crippen molar-refractivity contribution in [1.82, 2.24) is 4.98 Å². The molecule has 1 heterocycles. The first kappa shape index (κ1) is 9.85. The Morgan fingerprint density at radius 3 is 2.24 bits per heavy atom. The third-order valence-electron chi connectivity index (χ3n) is 2.95. The summed E-state index contributed by atoms with van der Waals surface area (Å²) >= 11 is 0. The topological polar surface area (TPSA) is 38.9 Å². The van der Waals surface area contributed by atoms with Gasteiger partial charge in [-0.05, 0) is 34.7 Å². The molecule has 0 aliphatic carbocycles. The zero-order valence-electron chi connectivity index (χ0n) is 9.30. The average molecular weight is 220 g/mol. The number of nitrogens with zero attached hydrogens (tertiary/aromatic N) is 1. The van der Waals surface area contributed by atoms with E-state index in [0.29, 0.717) is 0 Å². The Morgan fingerprint density at radius 1 is 0.765 bits per heavy atom. The van der Waals surface area contributed by atoms with Crippen molar-refractivity contribution in [1.29, 1.82) is 0 Å². The van der Waals surface area contributed by atoms with Crippen molar-refractivity contribution in [3.63, 3.8) is 0 Å². The summed E-state index contributed by atoms with van der Waals surface area (Å²) in [6, 6.07) is 16.2. The van der Waals surface area contributed by atoms with Crippen LogP contribution in [-0.2, 0) is 0 Å². The molecular formula is C15H12N2. The Hall–Kier alpha value is -2.35. The number of anilines is 1. The van der Waals surface area contributed by atoms with Crippen molar-refractivity contribution < 1.29 is 0 Å². The molecule has 0 spiro atoms. The van der Waals surface area contributed by atoms with Gasteiger partial charge in [0.1, 0.15) is 0 Å². The smallest absolute Gasteiger partial charge is 0.0394 e. The first-order valence-electron chi connectivity index (χ1n) is 5.54. The molecule has 3 rings (SSSR count). The highest BCUT2D eigenvalue weighted by molar-refractivity contribution is 6.02. The van der Waals surface area contributed by atoms with Crippen LogP contribution in [0.5, 0.6) is 0 Å². The molecule has 17 heavy (non-hydrogen) atoms. The molecule has 0 saturated heterocycles. The first-order valence-corrected chi connectivity index (χ1v) is 5.54. The summed E-state index contributed by atoms with van der Waals surface area (Å²) in [5.41, 5.74) is 9.16. The van der Waals surface area contributed by atoms with E-state index in [1.807, 2.05) is 30.3 Å². The summed E-state index contributed by atoms with van der Waals surface area (Å²) in [7, 11) is 0. The van der Waals surface area contributed by atoms with Crippen LogP contribution in [0.1, 0.15) is 0 Å². The molecule has 0 saturated carbocycles. The van der Waals surface area contributed by atoms with Gasteiger partial charge in [0.05, 0.1) is 0 Å². The van der Waals surface area contributed by atoms with Crippen LogP contribution >= 0.6 is 0 Å². The van der Waals surface area contributed by atoms with E-state index in [4.69, 9.17) is 5.73 Å². The maximum atomic E-state index is 5.99. The second kappa shape index (κ2) is 3.91. The predicted octanol–water partition coefficient (Wildman–Crippen LogP) is 3.48. The highest BCUT2D eigenvalue weighted by atomic mass is 14.6. The molecule has 2 nitrogen and oxygen atoms in total. The fraction of sp³-hybridized carbons (Fsp3) is 0. The zero-order valence-corrected chi connectivity index (χ0v) is 9.30. The maximum Gasteiger partial charge on any atom is 0.0394 e. The van der Waals surface area contributed by atoms with Gasteiger partial charge >= 0.3 is 0 Å². The van der Waals surface area contributed by atoms with Gasteiger partial charge in [0, 0.05) is 23.5 Å². The molecule has 2 aromatic carbocycles. The van der Waals surface area contributed by atoms with Crippen molar-refractivity contribution in [2.45, 2.75) is 0 Å². The minimum Gasteiger partial charge on any atom is -0.398 e. The zero-order chi connectivity index (χ0) is 11.7. The molecule has 0 aliphatic heterocycles. The van der Waals surface area contributed by atoms with Crippen molar-refractivity contribution in [3.05, 3.63) is 60.9 Å². The van der Waals surface area contributed by atoms with Gasteiger partial charge < -0.3 is 5.73 Å². The lowest BCUT2D eigenvalue weighted by molar-refractivity contribution is 1.33. The van der Waals surface area contributed by atoms with Crippen LogP contribution in [0, 0.1) is 0 Å². The quantitative estimate of drug-likeness (QED) is 0.637. The molecule has 2 N–H and O–H groups in total. The fourth-order valence-electron chi connectivity index (χ4n) is 2.11. The van der Waals surface area contributed by atoms with E-state index in [9.17, 15) is 0 Å². The first-order chi connectivity index (χ1) is 8.36. The number of nitrogens with two attached hydrogens (primary N) is 1. The highest BCUT2D eigenvalue weighted by Crippen LogP contribution is 2.31. The molecule has 0 unspecified atom stereocenters. The largest absolute Gasteiger partial charge is 0.398 e. The van der Waals surface area contributed by atoms with E-state index in [0.717, 1.165) is 16.6 Å². The molecular weight excluding hydrogens is 208 g/mol. The average Bonchev–Trinajstić information content (AvgIpc) is 2.41. The van der Waals surface area contributed by atoms with E-state index in [-0.39, 0.29) is 0 Å². The Labute approximate surface area is 99.7 Å². The van der Waals surface area contributed by atoms with Crippen LogP contribution in [-0.4, -0.2) is 4.98 Å². The second-order valence-corrected chi connectivity index (χ2v) is 3.98. The Morgan fingerprint density at radius 2 is 1.47 bits per heavy atom. The van der Waals surface area contributed by atoms with Crippen molar-refractivity contribution in [2.75, 3.05) is 5.73 Å². The number of aromatic nitrogens is 1. The van der Waals surface area contributed by atoms with Crippen molar-refractivity contribution >= 4 is 16.5 Å². The van der Waals surface area contributed by atoms with Crippen LogP contribution in [0.4, 0.5) is 5.69 Å². The van der Waals surface area contributed by atoms with Gasteiger partial charge in [-0.1, -0.05) is 30.3 Å². The summed E-state index contributed by atoms with van der Waals surface area (Å²) in [6.07, 6.45) is 3.61. The summed E-state index contributed by atoms with van der Waals surface area (Å²) in [5.74, 6) is 0. The molecule has 1 aromatic heterocycles. The lowest BCUT2D eigenvalue weighted by Crippen LogP contribution is -1.89. The van der Waals surface area contributed by atoms with Gasteiger partial charge in [-0.15, -0.1) is 0 Å². The van der Waals surface area contributed by atoms with Crippen LogP contribution in [0.3, 0.4) is 0 Å². The predicted molar refractivity (Wildman–Crippen MR) is 71.6 cm³/mol. The molecule has 0 radical (unpaired) electrons. The van der Waals surface area contributed by atoms with E-state index < -0.39 is 0 Å². The van der Waals surface area contributed by atoms with E-state index in [1.54, 1.807) is 12.4 Å².